The van der Waals surface area contributed by atoms with E-state index >= 15 is 0 Å². The third kappa shape index (κ3) is 3.42. The highest BCUT2D eigenvalue weighted by atomic mass is 32.2. The van der Waals surface area contributed by atoms with E-state index < -0.39 is 15.4 Å². The van der Waals surface area contributed by atoms with Crippen molar-refractivity contribution < 1.29 is 27.8 Å². The molecule has 1 heterocycles. The van der Waals surface area contributed by atoms with E-state index in [0.717, 1.165) is 6.26 Å². The first-order valence-corrected chi connectivity index (χ1v) is 10.1. The molecule has 6 nitrogen and oxygen atoms in total. The molecule has 0 aromatic heterocycles. The molecule has 1 aliphatic rings. The molecule has 7 heteroatoms. The molecule has 0 saturated heterocycles. The quantitative estimate of drug-likeness (QED) is 0.866. The van der Waals surface area contributed by atoms with Crippen molar-refractivity contribution in [3.63, 3.8) is 0 Å². The molecule has 1 N–H and O–H groups in total. The normalized spacial score (nSPS) is 16.4. The van der Waals surface area contributed by atoms with E-state index in [0.29, 0.717) is 22.6 Å². The molecule has 27 heavy (non-hydrogen) atoms. The number of Topliss-reactive ketones (excluding diaryl/α,β-unsaturated/α-hetero) is 1. The summed E-state index contributed by atoms with van der Waals surface area (Å²) in [6.45, 7) is 3.29. The highest BCUT2D eigenvalue weighted by molar-refractivity contribution is 7.90. The van der Waals surface area contributed by atoms with Crippen LogP contribution in [-0.4, -0.2) is 38.3 Å². The van der Waals surface area contributed by atoms with Gasteiger partial charge in [-0.05, 0) is 50.2 Å². The lowest BCUT2D eigenvalue weighted by Crippen LogP contribution is -2.29. The molecule has 0 bridgehead atoms. The number of carbonyl (C=O) groups excluding carboxylic acids is 1. The van der Waals surface area contributed by atoms with Crippen molar-refractivity contribution in [2.75, 3.05) is 13.4 Å². The number of hydrogen-bond acceptors (Lipinski definition) is 6. The summed E-state index contributed by atoms with van der Waals surface area (Å²) in [7, 11) is -1.85. The van der Waals surface area contributed by atoms with Crippen LogP contribution in [0.1, 0.15) is 25.0 Å². The summed E-state index contributed by atoms with van der Waals surface area (Å²) in [5.74, 6) is 0.376. The standard InChI is InChI=1S/C20H20O6S/c1-20(2)19(22)17(15-10-7-13(25-3)11-16(15)21)18(26-20)12-5-8-14(9-6-12)27(4,23)24/h5-11,21H,1-4H3. The molecule has 0 atom stereocenters. The van der Waals surface area contributed by atoms with Crippen LogP contribution in [0.15, 0.2) is 47.4 Å². The first-order chi connectivity index (χ1) is 12.5. The number of carbonyl (C=O) groups is 1. The van der Waals surface area contributed by atoms with E-state index in [2.05, 4.69) is 0 Å². The number of sulfone groups is 1. The van der Waals surface area contributed by atoms with Crippen LogP contribution in [0.3, 0.4) is 0 Å². The Balaban J connectivity index is 2.18. The fourth-order valence-electron chi connectivity index (χ4n) is 2.91. The zero-order valence-corrected chi connectivity index (χ0v) is 16.3. The van der Waals surface area contributed by atoms with E-state index in [9.17, 15) is 18.3 Å². The van der Waals surface area contributed by atoms with Crippen LogP contribution < -0.4 is 4.74 Å². The second kappa shape index (κ2) is 6.42. The summed E-state index contributed by atoms with van der Waals surface area (Å²) in [5, 5.41) is 10.4. The molecule has 2 aromatic carbocycles. The molecule has 2 aromatic rings. The van der Waals surface area contributed by atoms with Gasteiger partial charge in [-0.3, -0.25) is 4.79 Å². The molecule has 0 radical (unpaired) electrons. The van der Waals surface area contributed by atoms with Crippen molar-refractivity contribution in [1.29, 1.82) is 0 Å². The van der Waals surface area contributed by atoms with Gasteiger partial charge >= 0.3 is 0 Å². The number of phenolic OH excluding ortho intramolecular Hbond substituents is 1. The Hall–Kier alpha value is -2.80. The lowest BCUT2D eigenvalue weighted by Gasteiger charge is -2.18. The van der Waals surface area contributed by atoms with Crippen molar-refractivity contribution in [3.05, 3.63) is 53.6 Å². The van der Waals surface area contributed by atoms with Gasteiger partial charge in [0, 0.05) is 23.4 Å². The smallest absolute Gasteiger partial charge is 0.210 e. The van der Waals surface area contributed by atoms with Crippen LogP contribution in [0, 0.1) is 0 Å². The van der Waals surface area contributed by atoms with Gasteiger partial charge in [0.2, 0.25) is 5.78 Å². The van der Waals surface area contributed by atoms with Gasteiger partial charge in [-0.2, -0.15) is 0 Å². The molecule has 0 amide bonds. The van der Waals surface area contributed by atoms with E-state index in [1.165, 1.54) is 25.3 Å². The van der Waals surface area contributed by atoms with Crippen molar-refractivity contribution in [3.8, 4) is 11.5 Å². The maximum atomic E-state index is 12.9. The number of ketones is 1. The molecule has 0 saturated carbocycles. The summed E-state index contributed by atoms with van der Waals surface area (Å²) >= 11 is 0. The van der Waals surface area contributed by atoms with Gasteiger partial charge < -0.3 is 14.6 Å². The highest BCUT2D eigenvalue weighted by Crippen LogP contribution is 2.44. The maximum Gasteiger partial charge on any atom is 0.210 e. The van der Waals surface area contributed by atoms with Crippen LogP contribution in [0.5, 0.6) is 11.5 Å². The molecule has 0 spiro atoms. The minimum atomic E-state index is -3.33. The molecular formula is C20H20O6S. The van der Waals surface area contributed by atoms with E-state index in [-0.39, 0.29) is 22.0 Å². The topological polar surface area (TPSA) is 89.9 Å². The number of benzene rings is 2. The Morgan fingerprint density at radius 2 is 1.70 bits per heavy atom. The Labute approximate surface area is 158 Å². The average molecular weight is 388 g/mol. The lowest BCUT2D eigenvalue weighted by molar-refractivity contribution is -0.125. The summed E-state index contributed by atoms with van der Waals surface area (Å²) in [5.41, 5.74) is 0.0133. The van der Waals surface area contributed by atoms with Crippen LogP contribution in [0.2, 0.25) is 0 Å². The van der Waals surface area contributed by atoms with Gasteiger partial charge in [0.25, 0.3) is 0 Å². The lowest BCUT2D eigenvalue weighted by atomic mass is 9.92. The van der Waals surface area contributed by atoms with Crippen LogP contribution in [0.25, 0.3) is 11.3 Å². The summed E-state index contributed by atoms with van der Waals surface area (Å²) in [4.78, 5) is 13.1. The van der Waals surface area contributed by atoms with Gasteiger partial charge in [-0.15, -0.1) is 0 Å². The molecule has 1 aliphatic heterocycles. The first kappa shape index (κ1) is 19.0. The Bertz CT molecular complexity index is 1050. The van der Waals surface area contributed by atoms with Gasteiger partial charge in [0.15, 0.2) is 15.4 Å². The van der Waals surface area contributed by atoms with Crippen LogP contribution >= 0.6 is 0 Å². The molecule has 0 aliphatic carbocycles. The highest BCUT2D eigenvalue weighted by Gasteiger charge is 2.43. The predicted molar refractivity (Wildman–Crippen MR) is 101 cm³/mol. The van der Waals surface area contributed by atoms with E-state index in [4.69, 9.17) is 9.47 Å². The minimum Gasteiger partial charge on any atom is -0.507 e. The van der Waals surface area contributed by atoms with Gasteiger partial charge in [0.1, 0.15) is 17.3 Å². The van der Waals surface area contributed by atoms with Crippen molar-refractivity contribution in [2.24, 2.45) is 0 Å². The van der Waals surface area contributed by atoms with Gasteiger partial charge in [-0.25, -0.2) is 8.42 Å². The SMILES string of the molecule is COc1ccc(C2=C(c3ccc(S(C)(=O)=O)cc3)OC(C)(C)C2=O)c(O)c1. The number of aromatic hydroxyl groups is 1. The van der Waals surface area contributed by atoms with Crippen LogP contribution in [-0.2, 0) is 19.4 Å². The van der Waals surface area contributed by atoms with E-state index in [1.54, 1.807) is 38.1 Å². The second-order valence-electron chi connectivity index (χ2n) is 6.83. The fourth-order valence-corrected chi connectivity index (χ4v) is 3.54. The number of methoxy groups -OCH3 is 1. The summed E-state index contributed by atoms with van der Waals surface area (Å²) < 4.78 is 34.3. The maximum absolute atomic E-state index is 12.9. The zero-order valence-electron chi connectivity index (χ0n) is 15.4. The first-order valence-electron chi connectivity index (χ1n) is 8.20. The number of ether oxygens (including phenoxy) is 2. The minimum absolute atomic E-state index is 0.107. The Morgan fingerprint density at radius 3 is 2.22 bits per heavy atom. The molecule has 3 rings (SSSR count). The molecule has 0 unspecified atom stereocenters. The number of hydrogen-bond donors (Lipinski definition) is 1. The van der Waals surface area contributed by atoms with E-state index in [1.807, 2.05) is 0 Å². The third-order valence-corrected chi connectivity index (χ3v) is 5.51. The number of rotatable bonds is 4. The van der Waals surface area contributed by atoms with Gasteiger partial charge in [0.05, 0.1) is 17.6 Å². The largest absolute Gasteiger partial charge is 0.507 e. The second-order valence-corrected chi connectivity index (χ2v) is 8.84. The Morgan fingerprint density at radius 1 is 1.07 bits per heavy atom. The summed E-state index contributed by atoms with van der Waals surface area (Å²) in [6, 6.07) is 10.7. The predicted octanol–water partition coefficient (Wildman–Crippen LogP) is 3.05. The van der Waals surface area contributed by atoms with Crippen molar-refractivity contribution >= 4 is 27.0 Å². The number of phenols is 1. The molecule has 142 valence electrons. The zero-order chi connectivity index (χ0) is 20.0. The third-order valence-electron chi connectivity index (χ3n) is 4.38. The molecular weight excluding hydrogens is 368 g/mol. The van der Waals surface area contributed by atoms with Crippen LogP contribution in [0.4, 0.5) is 0 Å². The Kier molecular flexibility index (Phi) is 4.51. The molecule has 0 fully saturated rings. The van der Waals surface area contributed by atoms with Gasteiger partial charge in [-0.1, -0.05) is 0 Å². The monoisotopic (exact) mass is 388 g/mol. The average Bonchev–Trinajstić information content (AvgIpc) is 2.84. The summed E-state index contributed by atoms with van der Waals surface area (Å²) in [6.07, 6.45) is 1.13. The fraction of sp³-hybridized carbons (Fsp3) is 0.250. The van der Waals surface area contributed by atoms with Crippen molar-refractivity contribution in [2.45, 2.75) is 24.3 Å². The van der Waals surface area contributed by atoms with Crippen molar-refractivity contribution in [1.82, 2.24) is 0 Å².